The summed E-state index contributed by atoms with van der Waals surface area (Å²) in [7, 11) is 0. The van der Waals surface area contributed by atoms with E-state index in [-0.39, 0.29) is 11.6 Å². The summed E-state index contributed by atoms with van der Waals surface area (Å²) >= 11 is 0. The Balaban J connectivity index is 2.04. The van der Waals surface area contributed by atoms with Crippen LogP contribution < -0.4 is 10.7 Å². The molecular weight excluding hydrogens is 312 g/mol. The van der Waals surface area contributed by atoms with Crippen LogP contribution >= 0.6 is 0 Å². The maximum Gasteiger partial charge on any atom is 0.271 e. The standard InChI is InChI=1S/C16H14N4O4/c1-11(21)18-14-6-3-5-13(9-14)16(22)19-17-10-12-4-2-7-15(8-12)20(23)24/h2-10H,1H3,(H,18,21)(H,19,22)/b17-10-. The Morgan fingerprint density at radius 2 is 1.92 bits per heavy atom. The zero-order valence-corrected chi connectivity index (χ0v) is 12.7. The highest BCUT2D eigenvalue weighted by Crippen LogP contribution is 2.12. The van der Waals surface area contributed by atoms with Crippen molar-refractivity contribution in [3.05, 3.63) is 69.8 Å². The molecule has 2 aromatic carbocycles. The maximum atomic E-state index is 12.0. The first-order chi connectivity index (χ1) is 11.5. The van der Waals surface area contributed by atoms with E-state index in [0.29, 0.717) is 16.8 Å². The van der Waals surface area contributed by atoms with Gasteiger partial charge in [-0.2, -0.15) is 5.10 Å². The molecule has 0 spiro atoms. The molecule has 0 atom stereocenters. The summed E-state index contributed by atoms with van der Waals surface area (Å²) in [5.41, 5.74) is 3.56. The lowest BCUT2D eigenvalue weighted by Gasteiger charge is -2.04. The highest BCUT2D eigenvalue weighted by molar-refractivity contribution is 5.97. The van der Waals surface area contributed by atoms with Gasteiger partial charge in [0.2, 0.25) is 5.91 Å². The van der Waals surface area contributed by atoms with Crippen LogP contribution in [0, 0.1) is 10.1 Å². The molecule has 2 amide bonds. The van der Waals surface area contributed by atoms with Crippen LogP contribution in [0.2, 0.25) is 0 Å². The van der Waals surface area contributed by atoms with Gasteiger partial charge in [-0.05, 0) is 18.2 Å². The zero-order valence-electron chi connectivity index (χ0n) is 12.7. The number of carbonyl (C=O) groups excluding carboxylic acids is 2. The number of anilines is 1. The smallest absolute Gasteiger partial charge is 0.271 e. The van der Waals surface area contributed by atoms with Crippen LogP contribution in [0.25, 0.3) is 0 Å². The van der Waals surface area contributed by atoms with Gasteiger partial charge in [0.25, 0.3) is 11.6 Å². The van der Waals surface area contributed by atoms with Gasteiger partial charge in [-0.1, -0.05) is 18.2 Å². The molecular formula is C16H14N4O4. The zero-order chi connectivity index (χ0) is 17.5. The van der Waals surface area contributed by atoms with Gasteiger partial charge in [-0.25, -0.2) is 5.43 Å². The molecule has 0 aliphatic rings. The van der Waals surface area contributed by atoms with Gasteiger partial charge in [0.1, 0.15) is 0 Å². The van der Waals surface area contributed by atoms with Crippen molar-refractivity contribution < 1.29 is 14.5 Å². The van der Waals surface area contributed by atoms with Crippen molar-refractivity contribution in [3.8, 4) is 0 Å². The molecule has 2 aromatic rings. The van der Waals surface area contributed by atoms with Crippen molar-refractivity contribution in [3.63, 3.8) is 0 Å². The molecule has 8 heteroatoms. The van der Waals surface area contributed by atoms with Crippen LogP contribution in [0.15, 0.2) is 53.6 Å². The highest BCUT2D eigenvalue weighted by atomic mass is 16.6. The minimum atomic E-state index is -0.510. The third kappa shape index (κ3) is 4.73. The van der Waals surface area contributed by atoms with Crippen molar-refractivity contribution in [1.29, 1.82) is 0 Å². The molecule has 0 fully saturated rings. The fraction of sp³-hybridized carbons (Fsp3) is 0.0625. The first-order valence-corrected chi connectivity index (χ1v) is 6.91. The van der Waals surface area contributed by atoms with Crippen molar-refractivity contribution in [2.75, 3.05) is 5.32 Å². The third-order valence-electron chi connectivity index (χ3n) is 2.91. The summed E-state index contributed by atoms with van der Waals surface area (Å²) in [5, 5.41) is 17.0. The lowest BCUT2D eigenvalue weighted by Crippen LogP contribution is -2.18. The number of hydrazone groups is 1. The summed E-state index contributed by atoms with van der Waals surface area (Å²) in [6.07, 6.45) is 1.31. The molecule has 8 nitrogen and oxygen atoms in total. The monoisotopic (exact) mass is 326 g/mol. The maximum absolute atomic E-state index is 12.0. The van der Waals surface area contributed by atoms with E-state index in [2.05, 4.69) is 15.8 Å². The SMILES string of the molecule is CC(=O)Nc1cccc(C(=O)N/N=C\c2cccc([N+](=O)[O-])c2)c1. The van der Waals surface area contributed by atoms with Crippen LogP contribution in [0.5, 0.6) is 0 Å². The molecule has 0 radical (unpaired) electrons. The van der Waals surface area contributed by atoms with Crippen molar-refractivity contribution in [2.45, 2.75) is 6.92 Å². The number of non-ortho nitro benzene ring substituents is 1. The van der Waals surface area contributed by atoms with Gasteiger partial charge in [-0.3, -0.25) is 19.7 Å². The summed E-state index contributed by atoms with van der Waals surface area (Å²) < 4.78 is 0. The molecule has 122 valence electrons. The number of nitrogens with one attached hydrogen (secondary N) is 2. The molecule has 0 aliphatic heterocycles. The second kappa shape index (κ2) is 7.63. The average Bonchev–Trinajstić information content (AvgIpc) is 2.54. The second-order valence-corrected chi connectivity index (χ2v) is 4.81. The average molecular weight is 326 g/mol. The van der Waals surface area contributed by atoms with E-state index in [1.54, 1.807) is 24.3 Å². The number of carbonyl (C=O) groups is 2. The quantitative estimate of drug-likeness (QED) is 0.498. The molecule has 0 bridgehead atoms. The van der Waals surface area contributed by atoms with Crippen LogP contribution in [-0.4, -0.2) is 23.0 Å². The molecule has 0 unspecified atom stereocenters. The summed E-state index contributed by atoms with van der Waals surface area (Å²) in [6.45, 7) is 1.37. The Hall–Kier alpha value is -3.55. The topological polar surface area (TPSA) is 114 Å². The first kappa shape index (κ1) is 16.8. The molecule has 0 aliphatic carbocycles. The second-order valence-electron chi connectivity index (χ2n) is 4.81. The number of nitro benzene ring substituents is 1. The number of hydrogen-bond acceptors (Lipinski definition) is 5. The van der Waals surface area contributed by atoms with Gasteiger partial charge in [0.05, 0.1) is 11.1 Å². The molecule has 0 saturated heterocycles. The van der Waals surface area contributed by atoms with Gasteiger partial charge >= 0.3 is 0 Å². The molecule has 24 heavy (non-hydrogen) atoms. The van der Waals surface area contributed by atoms with E-state index >= 15 is 0 Å². The molecule has 2 rings (SSSR count). The fourth-order valence-electron chi connectivity index (χ4n) is 1.89. The highest BCUT2D eigenvalue weighted by Gasteiger charge is 2.06. The minimum absolute atomic E-state index is 0.0618. The molecule has 2 N–H and O–H groups in total. The Labute approximate surface area is 137 Å². The van der Waals surface area contributed by atoms with E-state index in [1.165, 1.54) is 37.4 Å². The summed E-state index contributed by atoms with van der Waals surface area (Å²) in [6, 6.07) is 12.2. The lowest BCUT2D eigenvalue weighted by molar-refractivity contribution is -0.384. The number of nitrogens with zero attached hydrogens (tertiary/aromatic N) is 2. The van der Waals surface area contributed by atoms with Crippen molar-refractivity contribution in [1.82, 2.24) is 5.43 Å². The van der Waals surface area contributed by atoms with Gasteiger partial charge in [0, 0.05) is 35.9 Å². The Morgan fingerprint density at radius 1 is 1.17 bits per heavy atom. The predicted molar refractivity (Wildman–Crippen MR) is 88.9 cm³/mol. The van der Waals surface area contributed by atoms with Crippen LogP contribution in [0.3, 0.4) is 0 Å². The first-order valence-electron chi connectivity index (χ1n) is 6.91. The summed E-state index contributed by atoms with van der Waals surface area (Å²) in [5.74, 6) is -0.708. The van der Waals surface area contributed by atoms with E-state index in [0.717, 1.165) is 0 Å². The molecule has 0 aromatic heterocycles. The van der Waals surface area contributed by atoms with Gasteiger partial charge in [-0.15, -0.1) is 0 Å². The molecule has 0 heterocycles. The van der Waals surface area contributed by atoms with Crippen LogP contribution in [0.1, 0.15) is 22.8 Å². The van der Waals surface area contributed by atoms with Gasteiger partial charge in [0.15, 0.2) is 0 Å². The largest absolute Gasteiger partial charge is 0.326 e. The lowest BCUT2D eigenvalue weighted by atomic mass is 10.2. The van der Waals surface area contributed by atoms with Crippen molar-refractivity contribution >= 4 is 29.4 Å². The normalized spacial score (nSPS) is 10.4. The Kier molecular flexibility index (Phi) is 5.35. The van der Waals surface area contributed by atoms with Crippen molar-refractivity contribution in [2.24, 2.45) is 5.10 Å². The Morgan fingerprint density at radius 3 is 2.62 bits per heavy atom. The third-order valence-corrected chi connectivity index (χ3v) is 2.91. The Bertz CT molecular complexity index is 817. The number of nitro groups is 1. The van der Waals surface area contributed by atoms with Crippen LogP contribution in [-0.2, 0) is 4.79 Å². The van der Waals surface area contributed by atoms with Crippen LogP contribution in [0.4, 0.5) is 11.4 Å². The number of hydrogen-bond donors (Lipinski definition) is 2. The minimum Gasteiger partial charge on any atom is -0.326 e. The molecule has 0 saturated carbocycles. The van der Waals surface area contributed by atoms with E-state index in [1.807, 2.05) is 0 Å². The van der Waals surface area contributed by atoms with E-state index in [4.69, 9.17) is 0 Å². The fourth-order valence-corrected chi connectivity index (χ4v) is 1.89. The van der Waals surface area contributed by atoms with E-state index in [9.17, 15) is 19.7 Å². The predicted octanol–water partition coefficient (Wildman–Crippen LogP) is 2.32. The number of rotatable bonds is 5. The number of benzene rings is 2. The summed E-state index contributed by atoms with van der Waals surface area (Å²) in [4.78, 5) is 33.2. The number of amides is 2. The van der Waals surface area contributed by atoms with E-state index < -0.39 is 10.8 Å². The van der Waals surface area contributed by atoms with Gasteiger partial charge < -0.3 is 5.32 Å².